The molecule has 1 aromatic rings. The number of aromatic nitrogens is 1. The highest BCUT2D eigenvalue weighted by molar-refractivity contribution is 5.99. The summed E-state index contributed by atoms with van der Waals surface area (Å²) >= 11 is 0. The number of carbonyl (C=O) groups is 1. The molecule has 1 aromatic heterocycles. The van der Waals surface area contributed by atoms with Crippen molar-refractivity contribution in [2.45, 2.75) is 52.5 Å². The summed E-state index contributed by atoms with van der Waals surface area (Å²) < 4.78 is 0. The van der Waals surface area contributed by atoms with Crippen molar-refractivity contribution in [3.63, 3.8) is 0 Å². The number of nitrogens with one attached hydrogen (secondary N) is 2. The minimum atomic E-state index is -0.0236. The van der Waals surface area contributed by atoms with E-state index >= 15 is 0 Å². The molecule has 1 heterocycles. The molecule has 20 heavy (non-hydrogen) atoms. The number of aryl methyl sites for hydroxylation is 1. The van der Waals surface area contributed by atoms with Gasteiger partial charge in [-0.25, -0.2) is 0 Å². The van der Waals surface area contributed by atoms with Crippen molar-refractivity contribution >= 4 is 11.6 Å². The van der Waals surface area contributed by atoms with Gasteiger partial charge in [0.1, 0.15) is 0 Å². The fraction of sp³-hybridized carbons (Fsp3) is 0.625. The summed E-state index contributed by atoms with van der Waals surface area (Å²) in [6, 6.07) is 2.18. The van der Waals surface area contributed by atoms with Crippen LogP contribution in [0.3, 0.4) is 0 Å². The van der Waals surface area contributed by atoms with Gasteiger partial charge in [0, 0.05) is 25.0 Å². The summed E-state index contributed by atoms with van der Waals surface area (Å²) in [6.45, 7) is 6.47. The third-order valence-corrected chi connectivity index (χ3v) is 4.09. The van der Waals surface area contributed by atoms with E-state index in [1.165, 1.54) is 12.8 Å². The molecule has 1 saturated carbocycles. The van der Waals surface area contributed by atoms with Crippen molar-refractivity contribution < 1.29 is 4.79 Å². The van der Waals surface area contributed by atoms with Crippen LogP contribution in [0.15, 0.2) is 12.3 Å². The number of pyridine rings is 1. The molecule has 4 nitrogen and oxygen atoms in total. The SMILES string of the molecule is CNc1cc(C)ncc1C(=O)NC1CCCC(C)(C)C1. The molecule has 0 aromatic carbocycles. The average molecular weight is 275 g/mol. The molecule has 1 unspecified atom stereocenters. The van der Waals surface area contributed by atoms with Gasteiger partial charge in [0.25, 0.3) is 5.91 Å². The molecule has 1 atom stereocenters. The van der Waals surface area contributed by atoms with Gasteiger partial charge in [-0.1, -0.05) is 20.3 Å². The van der Waals surface area contributed by atoms with Gasteiger partial charge in [-0.15, -0.1) is 0 Å². The van der Waals surface area contributed by atoms with Crippen LogP contribution in [-0.2, 0) is 0 Å². The highest BCUT2D eigenvalue weighted by Crippen LogP contribution is 2.35. The van der Waals surface area contributed by atoms with Crippen molar-refractivity contribution in [1.29, 1.82) is 0 Å². The maximum atomic E-state index is 12.4. The van der Waals surface area contributed by atoms with Gasteiger partial charge in [-0.05, 0) is 37.7 Å². The van der Waals surface area contributed by atoms with Gasteiger partial charge in [-0.3, -0.25) is 9.78 Å². The van der Waals surface area contributed by atoms with E-state index in [9.17, 15) is 4.79 Å². The van der Waals surface area contributed by atoms with Crippen LogP contribution in [0.1, 0.15) is 55.6 Å². The van der Waals surface area contributed by atoms with E-state index in [0.29, 0.717) is 11.0 Å². The van der Waals surface area contributed by atoms with E-state index in [2.05, 4.69) is 29.5 Å². The Morgan fingerprint density at radius 1 is 1.45 bits per heavy atom. The quantitative estimate of drug-likeness (QED) is 0.891. The zero-order valence-electron chi connectivity index (χ0n) is 12.9. The van der Waals surface area contributed by atoms with Crippen LogP contribution < -0.4 is 10.6 Å². The predicted octanol–water partition coefficient (Wildman–Crippen LogP) is 3.13. The first-order chi connectivity index (χ1) is 9.41. The molecule has 1 fully saturated rings. The number of hydrogen-bond acceptors (Lipinski definition) is 3. The van der Waals surface area contributed by atoms with Gasteiger partial charge < -0.3 is 10.6 Å². The summed E-state index contributed by atoms with van der Waals surface area (Å²) in [5, 5.41) is 6.24. The summed E-state index contributed by atoms with van der Waals surface area (Å²) in [6.07, 6.45) is 6.21. The van der Waals surface area contributed by atoms with Crippen LogP contribution in [0.2, 0.25) is 0 Å². The Morgan fingerprint density at radius 2 is 2.20 bits per heavy atom. The van der Waals surface area contributed by atoms with Crippen molar-refractivity contribution in [2.75, 3.05) is 12.4 Å². The molecular weight excluding hydrogens is 250 g/mol. The monoisotopic (exact) mass is 275 g/mol. The first-order valence-corrected chi connectivity index (χ1v) is 7.36. The van der Waals surface area contributed by atoms with E-state index in [1.54, 1.807) is 6.20 Å². The normalized spacial score (nSPS) is 21.3. The Labute approximate surface area is 121 Å². The van der Waals surface area contributed by atoms with E-state index in [4.69, 9.17) is 0 Å². The Morgan fingerprint density at radius 3 is 2.85 bits per heavy atom. The van der Waals surface area contributed by atoms with E-state index in [0.717, 1.165) is 24.2 Å². The molecule has 0 saturated heterocycles. The van der Waals surface area contributed by atoms with Crippen molar-refractivity contribution in [1.82, 2.24) is 10.3 Å². The summed E-state index contributed by atoms with van der Waals surface area (Å²) in [5.41, 5.74) is 2.70. The van der Waals surface area contributed by atoms with Crippen LogP contribution in [0.25, 0.3) is 0 Å². The lowest BCUT2D eigenvalue weighted by Gasteiger charge is -2.35. The molecule has 1 amide bonds. The first kappa shape index (κ1) is 14.8. The number of anilines is 1. The third-order valence-electron chi connectivity index (χ3n) is 4.09. The number of rotatable bonds is 3. The summed E-state index contributed by atoms with van der Waals surface area (Å²) in [7, 11) is 1.83. The molecule has 0 bridgehead atoms. The predicted molar refractivity (Wildman–Crippen MR) is 82.0 cm³/mol. The van der Waals surface area contributed by atoms with Crippen molar-refractivity contribution in [3.05, 3.63) is 23.5 Å². The molecule has 1 aliphatic carbocycles. The Hall–Kier alpha value is -1.58. The fourth-order valence-corrected chi connectivity index (χ4v) is 3.03. The minimum Gasteiger partial charge on any atom is -0.387 e. The molecule has 4 heteroatoms. The number of amides is 1. The second kappa shape index (κ2) is 5.81. The standard InChI is InChI=1S/C16H25N3O/c1-11-8-14(17-4)13(10-18-11)15(20)19-12-6-5-7-16(2,3)9-12/h8,10,12H,5-7,9H2,1-4H3,(H,17,18)(H,19,20). The lowest BCUT2D eigenvalue weighted by molar-refractivity contribution is 0.0903. The number of nitrogens with zero attached hydrogens (tertiary/aromatic N) is 1. The first-order valence-electron chi connectivity index (χ1n) is 7.36. The van der Waals surface area contributed by atoms with E-state index in [-0.39, 0.29) is 11.9 Å². The maximum Gasteiger partial charge on any atom is 0.255 e. The van der Waals surface area contributed by atoms with Gasteiger partial charge >= 0.3 is 0 Å². The molecule has 0 radical (unpaired) electrons. The lowest BCUT2D eigenvalue weighted by Crippen LogP contribution is -2.40. The number of hydrogen-bond donors (Lipinski definition) is 2. The Kier molecular flexibility index (Phi) is 4.31. The zero-order chi connectivity index (χ0) is 14.8. The molecule has 0 aliphatic heterocycles. The highest BCUT2D eigenvalue weighted by Gasteiger charge is 2.29. The third kappa shape index (κ3) is 3.50. The second-order valence-corrected chi connectivity index (χ2v) is 6.55. The summed E-state index contributed by atoms with van der Waals surface area (Å²) in [4.78, 5) is 16.7. The summed E-state index contributed by atoms with van der Waals surface area (Å²) in [5.74, 6) is -0.0236. The van der Waals surface area contributed by atoms with Crippen LogP contribution in [0, 0.1) is 12.3 Å². The van der Waals surface area contributed by atoms with Gasteiger partial charge in [-0.2, -0.15) is 0 Å². The average Bonchev–Trinajstić information content (AvgIpc) is 2.37. The smallest absolute Gasteiger partial charge is 0.255 e. The molecule has 110 valence electrons. The largest absolute Gasteiger partial charge is 0.387 e. The maximum absolute atomic E-state index is 12.4. The molecular formula is C16H25N3O. The molecule has 2 N–H and O–H groups in total. The number of carbonyl (C=O) groups excluding carboxylic acids is 1. The van der Waals surface area contributed by atoms with Crippen molar-refractivity contribution in [2.24, 2.45) is 5.41 Å². The van der Waals surface area contributed by atoms with Crippen LogP contribution in [0.5, 0.6) is 0 Å². The van der Waals surface area contributed by atoms with Gasteiger partial charge in [0.2, 0.25) is 0 Å². The van der Waals surface area contributed by atoms with E-state index < -0.39 is 0 Å². The lowest BCUT2D eigenvalue weighted by atomic mass is 9.75. The molecule has 0 spiro atoms. The van der Waals surface area contributed by atoms with Gasteiger partial charge in [0.05, 0.1) is 11.3 Å². The second-order valence-electron chi connectivity index (χ2n) is 6.55. The van der Waals surface area contributed by atoms with Gasteiger partial charge in [0.15, 0.2) is 0 Å². The molecule has 1 aliphatic rings. The van der Waals surface area contributed by atoms with Crippen LogP contribution >= 0.6 is 0 Å². The molecule has 2 rings (SSSR count). The highest BCUT2D eigenvalue weighted by atomic mass is 16.1. The zero-order valence-corrected chi connectivity index (χ0v) is 12.9. The fourth-order valence-electron chi connectivity index (χ4n) is 3.03. The minimum absolute atomic E-state index is 0.0236. The topological polar surface area (TPSA) is 54.0 Å². The Balaban J connectivity index is 2.08. The van der Waals surface area contributed by atoms with Crippen molar-refractivity contribution in [3.8, 4) is 0 Å². The van der Waals surface area contributed by atoms with Crippen LogP contribution in [-0.4, -0.2) is 24.0 Å². The Bertz CT molecular complexity index is 496. The van der Waals surface area contributed by atoms with E-state index in [1.807, 2.05) is 20.0 Å². The van der Waals surface area contributed by atoms with Crippen LogP contribution in [0.4, 0.5) is 5.69 Å².